The average molecular weight is 245 g/mol. The highest BCUT2D eigenvalue weighted by Gasteiger charge is 2.08. The summed E-state index contributed by atoms with van der Waals surface area (Å²) < 4.78 is 5.31. The van der Waals surface area contributed by atoms with E-state index in [1.807, 2.05) is 18.2 Å². The topological polar surface area (TPSA) is 35.2 Å². The van der Waals surface area contributed by atoms with Crippen LogP contribution in [0.25, 0.3) is 0 Å². The standard InChI is InChI=1S/C16H23NO/c1-16(2,3)11-7-9-14(17)12-13-8-5-6-10-15(13)18-4/h5-6,8,10,14H,9,12,17H2,1-4H3. The van der Waals surface area contributed by atoms with E-state index in [0.717, 1.165) is 24.2 Å². The molecule has 1 atom stereocenters. The van der Waals surface area contributed by atoms with Crippen LogP contribution in [0, 0.1) is 17.3 Å². The molecule has 0 fully saturated rings. The van der Waals surface area contributed by atoms with Crippen molar-refractivity contribution in [3.05, 3.63) is 29.8 Å². The Morgan fingerprint density at radius 2 is 1.94 bits per heavy atom. The minimum absolute atomic E-state index is 0.0458. The minimum Gasteiger partial charge on any atom is -0.496 e. The quantitative estimate of drug-likeness (QED) is 0.828. The van der Waals surface area contributed by atoms with Crippen LogP contribution in [-0.2, 0) is 6.42 Å². The van der Waals surface area contributed by atoms with E-state index < -0.39 is 0 Å². The van der Waals surface area contributed by atoms with Crippen molar-refractivity contribution in [3.8, 4) is 17.6 Å². The largest absolute Gasteiger partial charge is 0.496 e. The first-order valence-corrected chi connectivity index (χ1v) is 6.30. The van der Waals surface area contributed by atoms with Crippen molar-refractivity contribution >= 4 is 0 Å². The molecule has 2 nitrogen and oxygen atoms in total. The zero-order valence-electron chi connectivity index (χ0n) is 11.8. The number of methoxy groups -OCH3 is 1. The molecular formula is C16H23NO. The van der Waals surface area contributed by atoms with Gasteiger partial charge in [-0.15, -0.1) is 5.92 Å². The molecule has 2 heteroatoms. The Hall–Kier alpha value is -1.46. The summed E-state index contributed by atoms with van der Waals surface area (Å²) in [5.74, 6) is 7.27. The number of rotatable bonds is 4. The molecule has 0 heterocycles. The first-order chi connectivity index (χ1) is 8.42. The van der Waals surface area contributed by atoms with Gasteiger partial charge in [0.1, 0.15) is 5.75 Å². The molecule has 98 valence electrons. The molecule has 1 unspecified atom stereocenters. The summed E-state index contributed by atoms with van der Waals surface area (Å²) in [6, 6.07) is 8.04. The number of benzene rings is 1. The Morgan fingerprint density at radius 1 is 1.28 bits per heavy atom. The van der Waals surface area contributed by atoms with E-state index in [1.54, 1.807) is 7.11 Å². The van der Waals surface area contributed by atoms with Gasteiger partial charge in [0.15, 0.2) is 0 Å². The molecule has 0 amide bonds. The molecule has 0 aliphatic rings. The highest BCUT2D eigenvalue weighted by Crippen LogP contribution is 2.19. The van der Waals surface area contributed by atoms with Crippen LogP contribution in [0.15, 0.2) is 24.3 Å². The number of hydrogen-bond acceptors (Lipinski definition) is 2. The summed E-state index contributed by atoms with van der Waals surface area (Å²) in [5, 5.41) is 0. The fourth-order valence-electron chi connectivity index (χ4n) is 1.67. The lowest BCUT2D eigenvalue weighted by Crippen LogP contribution is -2.22. The van der Waals surface area contributed by atoms with Crippen LogP contribution in [0.3, 0.4) is 0 Å². The fourth-order valence-corrected chi connectivity index (χ4v) is 1.67. The Bertz CT molecular complexity index is 434. The second kappa shape index (κ2) is 6.47. The Kier molecular flexibility index (Phi) is 5.25. The zero-order chi connectivity index (χ0) is 13.6. The van der Waals surface area contributed by atoms with Crippen molar-refractivity contribution in [2.24, 2.45) is 11.1 Å². The van der Waals surface area contributed by atoms with Gasteiger partial charge < -0.3 is 10.5 Å². The first kappa shape index (κ1) is 14.6. The molecule has 0 saturated carbocycles. The van der Waals surface area contributed by atoms with Gasteiger partial charge in [0.25, 0.3) is 0 Å². The second-order valence-corrected chi connectivity index (χ2v) is 5.53. The SMILES string of the molecule is COc1ccccc1CC(N)CC#CC(C)(C)C. The zero-order valence-corrected chi connectivity index (χ0v) is 11.8. The molecule has 0 aliphatic heterocycles. The van der Waals surface area contributed by atoms with Crippen molar-refractivity contribution in [2.75, 3.05) is 7.11 Å². The lowest BCUT2D eigenvalue weighted by Gasteiger charge is -2.12. The lowest BCUT2D eigenvalue weighted by molar-refractivity contribution is 0.408. The highest BCUT2D eigenvalue weighted by molar-refractivity contribution is 5.34. The van der Waals surface area contributed by atoms with Gasteiger partial charge >= 0.3 is 0 Å². The molecule has 1 aromatic carbocycles. The number of ether oxygens (including phenoxy) is 1. The smallest absolute Gasteiger partial charge is 0.122 e. The van der Waals surface area contributed by atoms with Gasteiger partial charge in [-0.2, -0.15) is 0 Å². The predicted octanol–water partition coefficient (Wildman–Crippen LogP) is 3.00. The maximum Gasteiger partial charge on any atom is 0.122 e. The van der Waals surface area contributed by atoms with E-state index in [1.165, 1.54) is 0 Å². The normalized spacial score (nSPS) is 12.5. The van der Waals surface area contributed by atoms with Crippen molar-refractivity contribution in [1.29, 1.82) is 0 Å². The van der Waals surface area contributed by atoms with E-state index in [-0.39, 0.29) is 11.5 Å². The van der Waals surface area contributed by atoms with Gasteiger partial charge in [0.05, 0.1) is 7.11 Å². The summed E-state index contributed by atoms with van der Waals surface area (Å²) in [5.41, 5.74) is 7.29. The third kappa shape index (κ3) is 5.25. The minimum atomic E-state index is 0.0458. The third-order valence-electron chi connectivity index (χ3n) is 2.50. The van der Waals surface area contributed by atoms with Crippen LogP contribution in [0.2, 0.25) is 0 Å². The summed E-state index contributed by atoms with van der Waals surface area (Å²) >= 11 is 0. The number of para-hydroxylation sites is 1. The summed E-state index contributed by atoms with van der Waals surface area (Å²) in [4.78, 5) is 0. The Morgan fingerprint density at radius 3 is 2.56 bits per heavy atom. The second-order valence-electron chi connectivity index (χ2n) is 5.53. The molecule has 0 saturated heterocycles. The molecule has 0 radical (unpaired) electrons. The molecular weight excluding hydrogens is 222 g/mol. The van der Waals surface area contributed by atoms with Gasteiger partial charge in [-0.05, 0) is 38.8 Å². The number of hydrogen-bond donors (Lipinski definition) is 1. The summed E-state index contributed by atoms with van der Waals surface area (Å²) in [7, 11) is 1.68. The summed E-state index contributed by atoms with van der Waals surface area (Å²) in [6.45, 7) is 6.31. The molecule has 0 spiro atoms. The molecule has 0 aliphatic carbocycles. The Labute approximate surface area is 111 Å². The average Bonchev–Trinajstić information content (AvgIpc) is 2.28. The van der Waals surface area contributed by atoms with Crippen molar-refractivity contribution in [2.45, 2.75) is 39.7 Å². The number of nitrogens with two attached hydrogens (primary N) is 1. The van der Waals surface area contributed by atoms with Crippen LogP contribution in [0.4, 0.5) is 0 Å². The van der Waals surface area contributed by atoms with Crippen LogP contribution in [0.5, 0.6) is 5.75 Å². The fraction of sp³-hybridized carbons (Fsp3) is 0.500. The third-order valence-corrected chi connectivity index (χ3v) is 2.50. The van der Waals surface area contributed by atoms with Crippen LogP contribution >= 0.6 is 0 Å². The molecule has 18 heavy (non-hydrogen) atoms. The van der Waals surface area contributed by atoms with Crippen LogP contribution < -0.4 is 10.5 Å². The van der Waals surface area contributed by atoms with E-state index in [0.29, 0.717) is 0 Å². The van der Waals surface area contributed by atoms with E-state index >= 15 is 0 Å². The van der Waals surface area contributed by atoms with Gasteiger partial charge in [-0.25, -0.2) is 0 Å². The van der Waals surface area contributed by atoms with Gasteiger partial charge in [0, 0.05) is 17.9 Å². The lowest BCUT2D eigenvalue weighted by atomic mass is 9.97. The molecule has 0 aromatic heterocycles. The van der Waals surface area contributed by atoms with Gasteiger partial charge in [-0.3, -0.25) is 0 Å². The van der Waals surface area contributed by atoms with Crippen LogP contribution in [0.1, 0.15) is 32.8 Å². The van der Waals surface area contributed by atoms with Crippen LogP contribution in [-0.4, -0.2) is 13.2 Å². The molecule has 1 rings (SSSR count). The molecule has 2 N–H and O–H groups in total. The maximum absolute atomic E-state index is 6.10. The summed E-state index contributed by atoms with van der Waals surface area (Å²) in [6.07, 6.45) is 1.51. The maximum atomic E-state index is 6.10. The van der Waals surface area contributed by atoms with E-state index in [2.05, 4.69) is 38.7 Å². The van der Waals surface area contributed by atoms with Crippen molar-refractivity contribution in [1.82, 2.24) is 0 Å². The van der Waals surface area contributed by atoms with Crippen molar-refractivity contribution < 1.29 is 4.74 Å². The highest BCUT2D eigenvalue weighted by atomic mass is 16.5. The van der Waals surface area contributed by atoms with Gasteiger partial charge in [-0.1, -0.05) is 24.1 Å². The predicted molar refractivity (Wildman–Crippen MR) is 76.5 cm³/mol. The van der Waals surface area contributed by atoms with Gasteiger partial charge in [0.2, 0.25) is 0 Å². The first-order valence-electron chi connectivity index (χ1n) is 6.30. The van der Waals surface area contributed by atoms with Crippen molar-refractivity contribution in [3.63, 3.8) is 0 Å². The van der Waals surface area contributed by atoms with E-state index in [9.17, 15) is 0 Å². The molecule has 0 bridgehead atoms. The van der Waals surface area contributed by atoms with E-state index in [4.69, 9.17) is 10.5 Å². The monoisotopic (exact) mass is 245 g/mol. The Balaban J connectivity index is 2.59. The molecule has 1 aromatic rings.